The molecule has 3 N–H and O–H groups in total. The Bertz CT molecular complexity index is 1090. The first-order valence-electron chi connectivity index (χ1n) is 9.80. The van der Waals surface area contributed by atoms with Crippen molar-refractivity contribution in [1.29, 1.82) is 0 Å². The summed E-state index contributed by atoms with van der Waals surface area (Å²) in [7, 11) is 0. The molecular weight excluding hydrogens is 443 g/mol. The van der Waals surface area contributed by atoms with Crippen LogP contribution in [0, 0.1) is 0 Å². The van der Waals surface area contributed by atoms with Gasteiger partial charge in [-0.2, -0.15) is 13.2 Å². The number of aromatic carboxylic acids is 1. The van der Waals surface area contributed by atoms with Crippen LogP contribution in [0.15, 0.2) is 53.9 Å². The van der Waals surface area contributed by atoms with Crippen molar-refractivity contribution < 1.29 is 27.8 Å². The van der Waals surface area contributed by atoms with Crippen LogP contribution in [-0.4, -0.2) is 37.4 Å². The number of halogens is 3. The molecule has 2 heterocycles. The molecule has 2 aromatic carbocycles. The fourth-order valence-electron chi connectivity index (χ4n) is 3.43. The minimum atomic E-state index is -4.60. The molecule has 1 fully saturated rings. The lowest BCUT2D eigenvalue weighted by molar-refractivity contribution is -0.136. The number of anilines is 5. The van der Waals surface area contributed by atoms with Gasteiger partial charge < -0.3 is 25.4 Å². The molecule has 3 aromatic rings. The fraction of sp³-hybridized carbons (Fsp3) is 0.227. The van der Waals surface area contributed by atoms with Gasteiger partial charge in [0.05, 0.1) is 30.2 Å². The van der Waals surface area contributed by atoms with Crippen LogP contribution in [0.5, 0.6) is 0 Å². The first-order valence-corrected chi connectivity index (χ1v) is 10.7. The molecule has 0 amide bonds. The first-order chi connectivity index (χ1) is 15.3. The maximum absolute atomic E-state index is 13.5. The predicted octanol–water partition coefficient (Wildman–Crippen LogP) is 5.79. The molecule has 0 bridgehead atoms. The van der Waals surface area contributed by atoms with E-state index in [1.54, 1.807) is 0 Å². The third-order valence-electron chi connectivity index (χ3n) is 4.99. The molecule has 0 saturated carbocycles. The van der Waals surface area contributed by atoms with Gasteiger partial charge in [-0.25, -0.2) is 4.79 Å². The van der Waals surface area contributed by atoms with E-state index in [2.05, 4.69) is 15.5 Å². The van der Waals surface area contributed by atoms with Crippen LogP contribution in [-0.2, 0) is 10.9 Å². The highest BCUT2D eigenvalue weighted by molar-refractivity contribution is 7.12. The van der Waals surface area contributed by atoms with Crippen LogP contribution in [0.3, 0.4) is 0 Å². The lowest BCUT2D eigenvalue weighted by Crippen LogP contribution is -2.36. The summed E-state index contributed by atoms with van der Waals surface area (Å²) in [4.78, 5) is 13.5. The van der Waals surface area contributed by atoms with E-state index in [1.807, 2.05) is 24.3 Å². The number of thiophene rings is 1. The van der Waals surface area contributed by atoms with Crippen molar-refractivity contribution in [2.24, 2.45) is 0 Å². The highest BCUT2D eigenvalue weighted by Crippen LogP contribution is 2.39. The second-order valence-electron chi connectivity index (χ2n) is 7.12. The molecule has 0 aliphatic carbocycles. The number of nitrogens with one attached hydrogen (secondary N) is 2. The van der Waals surface area contributed by atoms with Crippen LogP contribution in [0.4, 0.5) is 41.6 Å². The summed E-state index contributed by atoms with van der Waals surface area (Å²) in [6.45, 7) is 2.97. The molecule has 4 rings (SSSR count). The van der Waals surface area contributed by atoms with Crippen molar-refractivity contribution in [2.45, 2.75) is 6.18 Å². The summed E-state index contributed by atoms with van der Waals surface area (Å²) < 4.78 is 45.9. The van der Waals surface area contributed by atoms with Crippen LogP contribution in [0.25, 0.3) is 0 Å². The third kappa shape index (κ3) is 4.97. The molecule has 1 aromatic heterocycles. The van der Waals surface area contributed by atoms with Gasteiger partial charge in [0.25, 0.3) is 0 Å². The minimum Gasteiger partial charge on any atom is -0.477 e. The number of carbonyl (C=O) groups is 1. The lowest BCUT2D eigenvalue weighted by atomic mass is 10.1. The van der Waals surface area contributed by atoms with Gasteiger partial charge in [-0.15, -0.1) is 11.3 Å². The molecule has 0 atom stereocenters. The van der Waals surface area contributed by atoms with Crippen molar-refractivity contribution in [3.63, 3.8) is 0 Å². The van der Waals surface area contributed by atoms with E-state index in [9.17, 15) is 23.1 Å². The van der Waals surface area contributed by atoms with Crippen LogP contribution < -0.4 is 15.5 Å². The zero-order valence-corrected chi connectivity index (χ0v) is 17.6. The molecule has 0 spiro atoms. The minimum absolute atomic E-state index is 0.0600. The van der Waals surface area contributed by atoms with E-state index in [1.165, 1.54) is 23.6 Å². The SMILES string of the molecule is O=C(O)c1sccc1Nc1cc(Nc2ccc(N3CCOCC3)cc2)ccc1C(F)(F)F. The number of carboxylic acid groups (broad SMARTS) is 1. The number of carboxylic acids is 1. The van der Waals surface area contributed by atoms with E-state index in [4.69, 9.17) is 4.74 Å². The number of morpholine rings is 1. The zero-order chi connectivity index (χ0) is 22.7. The number of hydrogen-bond acceptors (Lipinski definition) is 6. The summed E-state index contributed by atoms with van der Waals surface area (Å²) in [6, 6.07) is 12.7. The molecule has 1 aliphatic rings. The summed E-state index contributed by atoms with van der Waals surface area (Å²) >= 11 is 0.939. The third-order valence-corrected chi connectivity index (χ3v) is 5.89. The molecule has 0 unspecified atom stereocenters. The second-order valence-corrected chi connectivity index (χ2v) is 8.04. The molecule has 168 valence electrons. The highest BCUT2D eigenvalue weighted by atomic mass is 32.1. The highest BCUT2D eigenvalue weighted by Gasteiger charge is 2.34. The monoisotopic (exact) mass is 463 g/mol. The zero-order valence-electron chi connectivity index (χ0n) is 16.8. The van der Waals surface area contributed by atoms with Crippen LogP contribution in [0.1, 0.15) is 15.2 Å². The van der Waals surface area contributed by atoms with E-state index in [-0.39, 0.29) is 16.3 Å². The number of nitrogens with zero attached hydrogens (tertiary/aromatic N) is 1. The average molecular weight is 463 g/mol. The Hall–Kier alpha value is -3.24. The van der Waals surface area contributed by atoms with Crippen molar-refractivity contribution in [2.75, 3.05) is 41.8 Å². The maximum atomic E-state index is 13.5. The van der Waals surface area contributed by atoms with Gasteiger partial charge in [-0.1, -0.05) is 0 Å². The summed E-state index contributed by atoms with van der Waals surface area (Å²) in [6.07, 6.45) is -4.60. The van der Waals surface area contributed by atoms with Crippen molar-refractivity contribution in [1.82, 2.24) is 0 Å². The van der Waals surface area contributed by atoms with Gasteiger partial charge in [0, 0.05) is 30.2 Å². The van der Waals surface area contributed by atoms with E-state index >= 15 is 0 Å². The van der Waals surface area contributed by atoms with Crippen LogP contribution in [0.2, 0.25) is 0 Å². The Morgan fingerprint density at radius 2 is 1.66 bits per heavy atom. The van der Waals surface area contributed by atoms with Crippen molar-refractivity contribution in [3.05, 3.63) is 64.4 Å². The predicted molar refractivity (Wildman–Crippen MR) is 119 cm³/mol. The molecular formula is C22H20F3N3O3S. The molecule has 0 radical (unpaired) electrons. The number of ether oxygens (including phenoxy) is 1. The second kappa shape index (κ2) is 9.09. The Labute approximate surface area is 186 Å². The van der Waals surface area contributed by atoms with E-state index in [0.717, 1.165) is 41.9 Å². The Balaban J connectivity index is 1.57. The largest absolute Gasteiger partial charge is 0.477 e. The van der Waals surface area contributed by atoms with Gasteiger partial charge in [0.15, 0.2) is 0 Å². The quantitative estimate of drug-likeness (QED) is 0.430. The number of hydrogen-bond donors (Lipinski definition) is 3. The number of rotatable bonds is 6. The lowest BCUT2D eigenvalue weighted by Gasteiger charge is -2.29. The Morgan fingerprint density at radius 3 is 2.31 bits per heavy atom. The summed E-state index contributed by atoms with van der Waals surface area (Å²) in [5.41, 5.74) is 1.20. The summed E-state index contributed by atoms with van der Waals surface area (Å²) in [5, 5.41) is 16.5. The molecule has 32 heavy (non-hydrogen) atoms. The Morgan fingerprint density at radius 1 is 0.969 bits per heavy atom. The maximum Gasteiger partial charge on any atom is 0.418 e. The van der Waals surface area contributed by atoms with E-state index < -0.39 is 17.7 Å². The van der Waals surface area contributed by atoms with E-state index in [0.29, 0.717) is 18.9 Å². The smallest absolute Gasteiger partial charge is 0.418 e. The van der Waals surface area contributed by atoms with Gasteiger partial charge in [0.1, 0.15) is 4.88 Å². The first kappa shape index (κ1) is 22.0. The molecule has 1 aliphatic heterocycles. The number of benzene rings is 2. The van der Waals surface area contributed by atoms with Crippen LogP contribution >= 0.6 is 11.3 Å². The van der Waals surface area contributed by atoms with Gasteiger partial charge in [-0.3, -0.25) is 0 Å². The summed E-state index contributed by atoms with van der Waals surface area (Å²) in [5.74, 6) is -1.20. The topological polar surface area (TPSA) is 73.8 Å². The van der Waals surface area contributed by atoms with Gasteiger partial charge >= 0.3 is 12.1 Å². The molecule has 10 heteroatoms. The Kier molecular flexibility index (Phi) is 6.24. The standard InChI is InChI=1S/C22H20F3N3O3S/c23-22(24,25)17-6-3-15(13-19(17)27-18-7-12-32-20(18)21(29)30)26-14-1-4-16(5-2-14)28-8-10-31-11-9-28/h1-7,12-13,26-27H,8-11H2,(H,29,30). The fourth-order valence-corrected chi connectivity index (χ4v) is 4.12. The average Bonchev–Trinajstić information content (AvgIpc) is 3.23. The molecule has 1 saturated heterocycles. The molecule has 6 nitrogen and oxygen atoms in total. The normalized spacial score (nSPS) is 14.3. The van der Waals surface area contributed by atoms with Gasteiger partial charge in [-0.05, 0) is 53.9 Å². The van der Waals surface area contributed by atoms with Gasteiger partial charge in [0.2, 0.25) is 0 Å². The van der Waals surface area contributed by atoms with Crippen molar-refractivity contribution >= 4 is 45.7 Å². The number of alkyl halides is 3. The van der Waals surface area contributed by atoms with Crippen molar-refractivity contribution in [3.8, 4) is 0 Å².